The first kappa shape index (κ1) is 10.0. The van der Waals surface area contributed by atoms with Gasteiger partial charge in [-0.2, -0.15) is 0 Å². The number of hydrogen-bond donors (Lipinski definition) is 1. The number of rotatable bonds is 3. The van der Waals surface area contributed by atoms with Crippen LogP contribution in [0.1, 0.15) is 29.9 Å². The highest BCUT2D eigenvalue weighted by molar-refractivity contribution is 5.46. The molecule has 2 heterocycles. The second-order valence-electron chi connectivity index (χ2n) is 4.61. The largest absolute Gasteiger partial charge is 0.376 e. The molecule has 1 aromatic rings. The number of anilines is 1. The van der Waals surface area contributed by atoms with Crippen molar-refractivity contribution >= 4 is 5.82 Å². The van der Waals surface area contributed by atoms with Crippen LogP contribution in [0, 0.1) is 5.92 Å². The van der Waals surface area contributed by atoms with Crippen molar-refractivity contribution in [1.29, 1.82) is 0 Å². The second kappa shape index (κ2) is 4.01. The average Bonchev–Trinajstić information content (AvgIpc) is 3.12. The number of nitrogens with zero attached hydrogens (tertiary/aromatic N) is 2. The predicted octanol–water partition coefficient (Wildman–Crippen LogP) is 1.54. The van der Waals surface area contributed by atoms with Crippen LogP contribution in [0.2, 0.25) is 0 Å². The van der Waals surface area contributed by atoms with Gasteiger partial charge in [-0.1, -0.05) is 0 Å². The topological polar surface area (TPSA) is 47.0 Å². The highest BCUT2D eigenvalue weighted by Crippen LogP contribution is 2.32. The van der Waals surface area contributed by atoms with E-state index < -0.39 is 0 Å². The molecule has 0 amide bonds. The molecule has 3 rings (SSSR count). The lowest BCUT2D eigenvalue weighted by molar-refractivity contribution is 0.109. The van der Waals surface area contributed by atoms with Crippen LogP contribution in [0.15, 0.2) is 0 Å². The van der Waals surface area contributed by atoms with Gasteiger partial charge in [-0.25, -0.2) is 9.97 Å². The molecule has 1 aromatic heterocycles. The van der Waals surface area contributed by atoms with Gasteiger partial charge in [0.05, 0.1) is 18.9 Å². The van der Waals surface area contributed by atoms with Crippen molar-refractivity contribution in [2.75, 3.05) is 19.0 Å². The van der Waals surface area contributed by atoms with Gasteiger partial charge in [-0.05, 0) is 18.8 Å². The number of aromatic nitrogens is 2. The van der Waals surface area contributed by atoms with Crippen molar-refractivity contribution in [3.63, 3.8) is 0 Å². The zero-order chi connectivity index (χ0) is 11.0. The van der Waals surface area contributed by atoms with E-state index in [1.165, 1.54) is 18.5 Å². The minimum absolute atomic E-state index is 0.648. The summed E-state index contributed by atoms with van der Waals surface area (Å²) in [6.45, 7) is 1.44. The molecule has 16 heavy (non-hydrogen) atoms. The smallest absolute Gasteiger partial charge is 0.135 e. The van der Waals surface area contributed by atoms with E-state index in [4.69, 9.17) is 4.74 Å². The molecule has 0 aromatic carbocycles. The summed E-state index contributed by atoms with van der Waals surface area (Å²) in [7, 11) is 1.91. The summed E-state index contributed by atoms with van der Waals surface area (Å²) in [6, 6.07) is 0. The van der Waals surface area contributed by atoms with Crippen LogP contribution in [0.5, 0.6) is 0 Å². The molecule has 0 radical (unpaired) electrons. The lowest BCUT2D eigenvalue weighted by atomic mass is 10.1. The summed E-state index contributed by atoms with van der Waals surface area (Å²) < 4.78 is 5.45. The molecule has 1 fully saturated rings. The number of hydrogen-bond acceptors (Lipinski definition) is 4. The first-order valence-corrected chi connectivity index (χ1v) is 6.01. The Balaban J connectivity index is 1.94. The van der Waals surface area contributed by atoms with Crippen molar-refractivity contribution in [2.45, 2.75) is 32.3 Å². The summed E-state index contributed by atoms with van der Waals surface area (Å²) in [5.41, 5.74) is 2.33. The summed E-state index contributed by atoms with van der Waals surface area (Å²) >= 11 is 0. The lowest BCUT2D eigenvalue weighted by Crippen LogP contribution is -2.17. The molecule has 86 valence electrons. The molecule has 0 spiro atoms. The predicted molar refractivity (Wildman–Crippen MR) is 61.4 cm³/mol. The van der Waals surface area contributed by atoms with Gasteiger partial charge >= 0.3 is 0 Å². The zero-order valence-corrected chi connectivity index (χ0v) is 9.62. The quantitative estimate of drug-likeness (QED) is 0.837. The summed E-state index contributed by atoms with van der Waals surface area (Å²) in [5, 5.41) is 3.16. The van der Waals surface area contributed by atoms with E-state index in [2.05, 4.69) is 15.3 Å². The summed E-state index contributed by atoms with van der Waals surface area (Å²) in [6.07, 6.45) is 4.66. The summed E-state index contributed by atoms with van der Waals surface area (Å²) in [4.78, 5) is 9.25. The molecular weight excluding hydrogens is 202 g/mol. The molecular formula is C12H17N3O. The van der Waals surface area contributed by atoms with E-state index >= 15 is 0 Å². The third-order valence-electron chi connectivity index (χ3n) is 3.27. The maximum absolute atomic E-state index is 5.45. The Bertz CT molecular complexity index is 384. The average molecular weight is 219 g/mol. The third kappa shape index (κ3) is 1.89. The van der Waals surface area contributed by atoms with E-state index in [-0.39, 0.29) is 0 Å². The molecule has 1 aliphatic heterocycles. The maximum Gasteiger partial charge on any atom is 0.135 e. The third-order valence-corrected chi connectivity index (χ3v) is 3.27. The molecule has 0 atom stereocenters. The molecule has 0 bridgehead atoms. The van der Waals surface area contributed by atoms with Crippen molar-refractivity contribution in [3.8, 4) is 0 Å². The summed E-state index contributed by atoms with van der Waals surface area (Å²) in [5.74, 6) is 2.80. The molecule has 4 nitrogen and oxygen atoms in total. The van der Waals surface area contributed by atoms with E-state index in [1.807, 2.05) is 7.05 Å². The van der Waals surface area contributed by atoms with Crippen LogP contribution >= 0.6 is 0 Å². The molecule has 1 N–H and O–H groups in total. The standard InChI is InChI=1S/C12H17N3O/c1-13-12-9-7-16-5-4-10(9)14-11(15-12)6-8-2-3-8/h8H,2-7H2,1H3,(H,13,14,15). The van der Waals surface area contributed by atoms with Gasteiger partial charge in [-0.15, -0.1) is 0 Å². The van der Waals surface area contributed by atoms with Crippen LogP contribution in [0.4, 0.5) is 5.82 Å². The highest BCUT2D eigenvalue weighted by atomic mass is 16.5. The first-order valence-electron chi connectivity index (χ1n) is 6.01. The molecule has 0 saturated heterocycles. The Kier molecular flexibility index (Phi) is 2.52. The molecule has 1 aliphatic carbocycles. The Morgan fingerprint density at radius 3 is 3.00 bits per heavy atom. The Morgan fingerprint density at radius 2 is 2.25 bits per heavy atom. The first-order chi connectivity index (χ1) is 7.86. The molecule has 2 aliphatic rings. The monoisotopic (exact) mass is 219 g/mol. The van der Waals surface area contributed by atoms with Gasteiger partial charge in [0, 0.05) is 25.5 Å². The van der Waals surface area contributed by atoms with Crippen LogP contribution < -0.4 is 5.32 Å². The zero-order valence-electron chi connectivity index (χ0n) is 9.62. The van der Waals surface area contributed by atoms with E-state index in [0.29, 0.717) is 6.61 Å². The van der Waals surface area contributed by atoms with Gasteiger partial charge in [0.25, 0.3) is 0 Å². The van der Waals surface area contributed by atoms with Gasteiger partial charge in [0.15, 0.2) is 0 Å². The fraction of sp³-hybridized carbons (Fsp3) is 0.667. The molecule has 4 heteroatoms. The number of ether oxygens (including phenoxy) is 1. The van der Waals surface area contributed by atoms with Crippen LogP contribution in [-0.4, -0.2) is 23.6 Å². The highest BCUT2D eigenvalue weighted by Gasteiger charge is 2.24. The fourth-order valence-electron chi connectivity index (χ4n) is 2.16. The van der Waals surface area contributed by atoms with Gasteiger partial charge < -0.3 is 10.1 Å². The maximum atomic E-state index is 5.45. The van der Waals surface area contributed by atoms with Gasteiger partial charge in [0.2, 0.25) is 0 Å². The van der Waals surface area contributed by atoms with E-state index in [0.717, 1.165) is 42.6 Å². The Morgan fingerprint density at radius 1 is 1.38 bits per heavy atom. The fourth-order valence-corrected chi connectivity index (χ4v) is 2.16. The lowest BCUT2D eigenvalue weighted by Gasteiger charge is -2.19. The van der Waals surface area contributed by atoms with Gasteiger partial charge in [-0.3, -0.25) is 0 Å². The van der Waals surface area contributed by atoms with Crippen LogP contribution in [0.3, 0.4) is 0 Å². The normalized spacial score (nSPS) is 19.3. The molecule has 1 saturated carbocycles. The van der Waals surface area contributed by atoms with E-state index in [1.54, 1.807) is 0 Å². The minimum atomic E-state index is 0.648. The number of nitrogens with one attached hydrogen (secondary N) is 1. The Labute approximate surface area is 95.4 Å². The van der Waals surface area contributed by atoms with Crippen molar-refractivity contribution in [2.24, 2.45) is 5.92 Å². The Hall–Kier alpha value is -1.16. The van der Waals surface area contributed by atoms with Crippen LogP contribution in [0.25, 0.3) is 0 Å². The van der Waals surface area contributed by atoms with Crippen molar-refractivity contribution < 1.29 is 4.74 Å². The minimum Gasteiger partial charge on any atom is -0.376 e. The van der Waals surface area contributed by atoms with E-state index in [9.17, 15) is 0 Å². The van der Waals surface area contributed by atoms with Gasteiger partial charge in [0.1, 0.15) is 11.6 Å². The second-order valence-corrected chi connectivity index (χ2v) is 4.61. The molecule has 0 unspecified atom stereocenters. The van der Waals surface area contributed by atoms with Crippen molar-refractivity contribution in [3.05, 3.63) is 17.1 Å². The van der Waals surface area contributed by atoms with Crippen LogP contribution in [-0.2, 0) is 24.2 Å². The SMILES string of the molecule is CNc1nc(CC2CC2)nc2c1COCC2. The number of fused-ring (bicyclic) bond motifs is 1. The van der Waals surface area contributed by atoms with Crippen molar-refractivity contribution in [1.82, 2.24) is 9.97 Å².